The normalized spacial score (nSPS) is 26.8. The number of nitrogens with two attached hydrogens (primary N) is 1. The van der Waals surface area contributed by atoms with E-state index in [-0.39, 0.29) is 34.8 Å². The van der Waals surface area contributed by atoms with Gasteiger partial charge in [-0.1, -0.05) is 23.7 Å². The van der Waals surface area contributed by atoms with Crippen LogP contribution in [0.3, 0.4) is 0 Å². The minimum atomic E-state index is -1.01. The number of thioether (sulfide) groups is 1. The molecule has 1 aliphatic carbocycles. The molecule has 0 unspecified atom stereocenters. The number of hydrogen-bond acceptors (Lipinski definition) is 7. The smallest absolute Gasteiger partial charge is 0.233 e. The lowest BCUT2D eigenvalue weighted by atomic mass is 9.85. The lowest BCUT2D eigenvalue weighted by Gasteiger charge is -2.32. The Morgan fingerprint density at radius 1 is 1.45 bits per heavy atom. The van der Waals surface area contributed by atoms with Crippen molar-refractivity contribution in [3.63, 3.8) is 0 Å². The van der Waals surface area contributed by atoms with Gasteiger partial charge in [-0.25, -0.2) is 18.7 Å². The highest BCUT2D eigenvalue weighted by Crippen LogP contribution is 2.65. The van der Waals surface area contributed by atoms with Crippen LogP contribution >= 0.6 is 11.8 Å². The lowest BCUT2D eigenvalue weighted by Crippen LogP contribution is -2.35. The van der Waals surface area contributed by atoms with Gasteiger partial charge < -0.3 is 10.5 Å². The van der Waals surface area contributed by atoms with Gasteiger partial charge in [0.15, 0.2) is 17.6 Å². The molecule has 1 aromatic carbocycles. The number of nitriles is 1. The molecule has 1 saturated carbocycles. The average molecular weight is 437 g/mol. The van der Waals surface area contributed by atoms with E-state index >= 15 is 0 Å². The number of fused-ring (bicyclic) bond motifs is 1. The third-order valence-corrected chi connectivity index (χ3v) is 6.62. The fraction of sp³-hybridized carbons (Fsp3) is 0.273. The molecule has 4 rings (SSSR count). The summed E-state index contributed by atoms with van der Waals surface area (Å²) in [6.45, 7) is 1.79. The zero-order valence-electron chi connectivity index (χ0n) is 16.5. The van der Waals surface area contributed by atoms with Gasteiger partial charge in [0.25, 0.3) is 0 Å². The van der Waals surface area contributed by atoms with Crippen LogP contribution in [0, 0.1) is 35.4 Å². The Balaban J connectivity index is 1.65. The van der Waals surface area contributed by atoms with Crippen LogP contribution < -0.4 is 10.5 Å². The molecule has 2 aliphatic rings. The standard InChI is InChI=1S/C22H17F2N5OS/c1-3-6-30-19-11-27-17(10-28-19)16(24)8-13-4-5-15(23)14(7-13)21(2)18-9-22(18,12-25)31-20(26)29-21/h1,4-5,7-8,10-11,18H,6,9H2,2H3,(H2,26,29)/b16-8-/t18-,21+,22+/m0/s1. The zero-order chi connectivity index (χ0) is 22.2. The van der Waals surface area contributed by atoms with Crippen molar-refractivity contribution in [2.45, 2.75) is 23.6 Å². The number of terminal acetylenes is 1. The van der Waals surface area contributed by atoms with Gasteiger partial charge in [0.1, 0.15) is 16.3 Å². The predicted molar refractivity (Wildman–Crippen MR) is 115 cm³/mol. The molecule has 0 amide bonds. The lowest BCUT2D eigenvalue weighted by molar-refractivity contribution is 0.353. The maximum atomic E-state index is 14.8. The van der Waals surface area contributed by atoms with E-state index in [0.29, 0.717) is 12.0 Å². The third kappa shape index (κ3) is 3.73. The van der Waals surface area contributed by atoms with Crippen LogP contribution in [0.5, 0.6) is 5.88 Å². The summed E-state index contributed by atoms with van der Waals surface area (Å²) in [5, 5.41) is 9.80. The monoisotopic (exact) mass is 437 g/mol. The van der Waals surface area contributed by atoms with Crippen LogP contribution in [0.4, 0.5) is 8.78 Å². The Hall–Kier alpha value is -3.43. The van der Waals surface area contributed by atoms with Crippen LogP contribution in [-0.4, -0.2) is 26.5 Å². The number of hydrogen-bond donors (Lipinski definition) is 1. The molecular formula is C22H17F2N5OS. The molecular weight excluding hydrogens is 420 g/mol. The second-order valence-electron chi connectivity index (χ2n) is 7.42. The van der Waals surface area contributed by atoms with E-state index in [1.54, 1.807) is 6.92 Å². The third-order valence-electron chi connectivity index (χ3n) is 5.41. The van der Waals surface area contributed by atoms with E-state index < -0.39 is 21.9 Å². The minimum absolute atomic E-state index is 0.00725. The Morgan fingerprint density at radius 2 is 2.26 bits per heavy atom. The molecule has 0 spiro atoms. The molecule has 1 fully saturated rings. The van der Waals surface area contributed by atoms with Crippen molar-refractivity contribution < 1.29 is 13.5 Å². The molecule has 0 radical (unpaired) electrons. The van der Waals surface area contributed by atoms with E-state index in [9.17, 15) is 14.0 Å². The van der Waals surface area contributed by atoms with Crippen molar-refractivity contribution in [2.24, 2.45) is 16.6 Å². The summed E-state index contributed by atoms with van der Waals surface area (Å²) in [5.41, 5.74) is 5.61. The second kappa shape index (κ2) is 7.68. The molecule has 6 nitrogen and oxygen atoms in total. The summed E-state index contributed by atoms with van der Waals surface area (Å²) in [7, 11) is 0. The molecule has 31 heavy (non-hydrogen) atoms. The maximum Gasteiger partial charge on any atom is 0.233 e. The van der Waals surface area contributed by atoms with Crippen molar-refractivity contribution in [3.8, 4) is 24.3 Å². The number of halogens is 2. The first-order valence-electron chi connectivity index (χ1n) is 9.33. The van der Waals surface area contributed by atoms with Crippen LogP contribution in [0.2, 0.25) is 0 Å². The molecule has 2 heterocycles. The molecule has 3 atom stereocenters. The summed E-state index contributed by atoms with van der Waals surface area (Å²) < 4.78 is 33.9. The van der Waals surface area contributed by atoms with E-state index in [0.717, 1.165) is 0 Å². The minimum Gasteiger partial charge on any atom is -0.463 e. The van der Waals surface area contributed by atoms with E-state index in [4.69, 9.17) is 16.9 Å². The van der Waals surface area contributed by atoms with Crippen molar-refractivity contribution in [1.29, 1.82) is 5.26 Å². The number of nitrogens with zero attached hydrogens (tertiary/aromatic N) is 4. The van der Waals surface area contributed by atoms with Gasteiger partial charge in [-0.2, -0.15) is 5.26 Å². The molecule has 1 aliphatic heterocycles. The Kier molecular flexibility index (Phi) is 5.16. The molecule has 156 valence electrons. The van der Waals surface area contributed by atoms with Gasteiger partial charge in [0, 0.05) is 11.5 Å². The molecule has 2 aromatic rings. The average Bonchev–Trinajstić information content (AvgIpc) is 3.49. The first-order chi connectivity index (χ1) is 14.8. The number of benzene rings is 1. The van der Waals surface area contributed by atoms with Gasteiger partial charge in [0.05, 0.1) is 24.0 Å². The van der Waals surface area contributed by atoms with Gasteiger partial charge in [0.2, 0.25) is 5.88 Å². The van der Waals surface area contributed by atoms with E-state index in [1.807, 2.05) is 0 Å². The Morgan fingerprint density at radius 3 is 2.94 bits per heavy atom. The number of aliphatic imine (C=N–C) groups is 1. The Bertz CT molecular complexity index is 1180. The molecule has 1 aromatic heterocycles. The topological polar surface area (TPSA) is 97.2 Å². The molecule has 9 heteroatoms. The van der Waals surface area contributed by atoms with Crippen LogP contribution in [0.1, 0.15) is 30.2 Å². The van der Waals surface area contributed by atoms with Crippen molar-refractivity contribution in [1.82, 2.24) is 9.97 Å². The quantitative estimate of drug-likeness (QED) is 0.717. The summed E-state index contributed by atoms with van der Waals surface area (Å²) in [5.74, 6) is 1.16. The van der Waals surface area contributed by atoms with Gasteiger partial charge in [-0.3, -0.25) is 4.99 Å². The molecule has 0 saturated heterocycles. The van der Waals surface area contributed by atoms with E-state index in [2.05, 4.69) is 27.0 Å². The van der Waals surface area contributed by atoms with Crippen LogP contribution in [0.25, 0.3) is 11.9 Å². The molecule has 0 bridgehead atoms. The highest BCUT2D eigenvalue weighted by atomic mass is 32.2. The summed E-state index contributed by atoms with van der Waals surface area (Å²) >= 11 is 1.22. The van der Waals surface area contributed by atoms with Gasteiger partial charge >= 0.3 is 0 Å². The first-order valence-corrected chi connectivity index (χ1v) is 10.1. The highest BCUT2D eigenvalue weighted by Gasteiger charge is 2.67. The second-order valence-corrected chi connectivity index (χ2v) is 8.77. The SMILES string of the molecule is C#CCOc1cnc(/C(F)=C/c2ccc(F)c([C@@]3(C)N=C(N)S[C@@]4(C#N)C[C@H]43)c2)cn1. The largest absolute Gasteiger partial charge is 0.463 e. The molecule has 2 N–H and O–H groups in total. The fourth-order valence-corrected chi connectivity index (χ4v) is 5.07. The summed E-state index contributed by atoms with van der Waals surface area (Å²) in [6.07, 6.45) is 9.39. The summed E-state index contributed by atoms with van der Waals surface area (Å²) in [4.78, 5) is 12.4. The van der Waals surface area contributed by atoms with Crippen LogP contribution in [-0.2, 0) is 5.54 Å². The zero-order valence-corrected chi connectivity index (χ0v) is 17.3. The van der Waals surface area contributed by atoms with E-state index in [1.165, 1.54) is 48.4 Å². The van der Waals surface area contributed by atoms with Crippen molar-refractivity contribution in [3.05, 3.63) is 53.2 Å². The summed E-state index contributed by atoms with van der Waals surface area (Å²) in [6, 6.07) is 6.52. The van der Waals surface area contributed by atoms with Crippen molar-refractivity contribution in [2.75, 3.05) is 6.61 Å². The van der Waals surface area contributed by atoms with Gasteiger partial charge in [-0.15, -0.1) is 6.42 Å². The number of rotatable bonds is 5. The number of amidine groups is 1. The van der Waals surface area contributed by atoms with Gasteiger partial charge in [-0.05, 0) is 37.1 Å². The fourth-order valence-electron chi connectivity index (χ4n) is 3.79. The first kappa shape index (κ1) is 20.8. The Labute approximate surface area is 182 Å². The number of ether oxygens (including phenoxy) is 1. The van der Waals surface area contributed by atoms with Crippen LogP contribution in [0.15, 0.2) is 35.6 Å². The predicted octanol–water partition coefficient (Wildman–Crippen LogP) is 3.65. The maximum absolute atomic E-state index is 14.8. The number of aromatic nitrogens is 2. The highest BCUT2D eigenvalue weighted by molar-refractivity contribution is 8.15. The van der Waals surface area contributed by atoms with Crippen molar-refractivity contribution >= 4 is 28.8 Å².